The van der Waals surface area contributed by atoms with Crippen LogP contribution in [-0.2, 0) is 6.54 Å². The van der Waals surface area contributed by atoms with Crippen LogP contribution in [0.25, 0.3) is 0 Å². The maximum absolute atomic E-state index is 13.9. The molecule has 0 saturated heterocycles. The molecule has 1 aliphatic carbocycles. The average molecular weight is 260 g/mol. The molecule has 1 N–H and O–H groups in total. The number of hydrogen-bond donors (Lipinski definition) is 1. The highest BCUT2D eigenvalue weighted by molar-refractivity contribution is 5.34. The van der Waals surface area contributed by atoms with Crippen molar-refractivity contribution in [2.24, 2.45) is 5.92 Å². The van der Waals surface area contributed by atoms with Crippen molar-refractivity contribution >= 4 is 0 Å². The molecule has 2 atom stereocenters. The number of hydrogen-bond acceptors (Lipinski definition) is 2. The van der Waals surface area contributed by atoms with E-state index in [1.165, 1.54) is 38.2 Å². The van der Waals surface area contributed by atoms with E-state index < -0.39 is 0 Å². The van der Waals surface area contributed by atoms with Crippen LogP contribution < -0.4 is 5.32 Å². The van der Waals surface area contributed by atoms with E-state index in [2.05, 4.69) is 12.2 Å². The molecule has 3 heteroatoms. The Labute approximate surface area is 114 Å². The fourth-order valence-electron chi connectivity index (χ4n) is 3.01. The molecule has 0 radical (unpaired) electrons. The summed E-state index contributed by atoms with van der Waals surface area (Å²) >= 11 is 0. The number of nitrogens with zero attached hydrogens (tertiary/aromatic N) is 1. The summed E-state index contributed by atoms with van der Waals surface area (Å²) in [6, 6.07) is 7.41. The van der Waals surface area contributed by atoms with Gasteiger partial charge in [0.25, 0.3) is 0 Å². The average Bonchev–Trinajstić information content (AvgIpc) is 2.46. The Morgan fingerprint density at radius 3 is 2.89 bits per heavy atom. The zero-order valence-electron chi connectivity index (χ0n) is 11.5. The molecule has 2 nitrogen and oxygen atoms in total. The van der Waals surface area contributed by atoms with Crippen molar-refractivity contribution in [1.82, 2.24) is 5.32 Å². The van der Waals surface area contributed by atoms with Crippen molar-refractivity contribution in [3.8, 4) is 6.07 Å². The van der Waals surface area contributed by atoms with Gasteiger partial charge in [0.15, 0.2) is 0 Å². The predicted octanol–water partition coefficient (Wildman–Crippen LogP) is 3.76. The van der Waals surface area contributed by atoms with Crippen molar-refractivity contribution in [3.63, 3.8) is 0 Å². The Morgan fingerprint density at radius 2 is 2.16 bits per heavy atom. The minimum absolute atomic E-state index is 0.134. The first-order valence-corrected chi connectivity index (χ1v) is 7.17. The Kier molecular flexibility index (Phi) is 4.93. The molecular weight excluding hydrogens is 239 g/mol. The Bertz CT molecular complexity index is 464. The summed E-state index contributed by atoms with van der Waals surface area (Å²) in [6.07, 6.45) is 6.20. The van der Waals surface area contributed by atoms with Gasteiger partial charge in [0.05, 0.1) is 5.56 Å². The van der Waals surface area contributed by atoms with Gasteiger partial charge in [-0.3, -0.25) is 0 Å². The van der Waals surface area contributed by atoms with E-state index in [1.54, 1.807) is 12.1 Å². The largest absolute Gasteiger partial charge is 0.310 e. The normalized spacial score (nSPS) is 23.0. The number of nitrogens with one attached hydrogen (secondary N) is 1. The van der Waals surface area contributed by atoms with Gasteiger partial charge >= 0.3 is 0 Å². The van der Waals surface area contributed by atoms with Gasteiger partial charge in [-0.2, -0.15) is 5.26 Å². The molecule has 102 valence electrons. The van der Waals surface area contributed by atoms with E-state index in [0.29, 0.717) is 24.1 Å². The van der Waals surface area contributed by atoms with Crippen molar-refractivity contribution in [1.29, 1.82) is 5.26 Å². The van der Waals surface area contributed by atoms with Crippen LogP contribution in [-0.4, -0.2) is 6.04 Å². The number of nitriles is 1. The first kappa shape index (κ1) is 14.0. The minimum Gasteiger partial charge on any atom is -0.310 e. The first-order chi connectivity index (χ1) is 9.26. The SMILES string of the molecule is CCC1CCCCC1NCc1cccc(C#N)c1F. The molecule has 0 aliphatic heterocycles. The summed E-state index contributed by atoms with van der Waals surface area (Å²) in [4.78, 5) is 0. The molecule has 1 fully saturated rings. The first-order valence-electron chi connectivity index (χ1n) is 7.17. The third-order valence-electron chi connectivity index (χ3n) is 4.19. The Balaban J connectivity index is 2.00. The van der Waals surface area contributed by atoms with Gasteiger partial charge < -0.3 is 5.32 Å². The Morgan fingerprint density at radius 1 is 1.37 bits per heavy atom. The molecule has 2 rings (SSSR count). The molecule has 1 saturated carbocycles. The van der Waals surface area contributed by atoms with Crippen LogP contribution >= 0.6 is 0 Å². The van der Waals surface area contributed by atoms with E-state index in [-0.39, 0.29) is 11.4 Å². The quantitative estimate of drug-likeness (QED) is 0.894. The van der Waals surface area contributed by atoms with Gasteiger partial charge in [-0.15, -0.1) is 0 Å². The summed E-state index contributed by atoms with van der Waals surface area (Å²) in [5, 5.41) is 12.3. The van der Waals surface area contributed by atoms with Gasteiger partial charge in [-0.25, -0.2) is 4.39 Å². The molecule has 0 heterocycles. The van der Waals surface area contributed by atoms with Gasteiger partial charge in [0.2, 0.25) is 0 Å². The molecule has 0 spiro atoms. The van der Waals surface area contributed by atoms with E-state index in [0.717, 1.165) is 0 Å². The molecule has 1 aromatic carbocycles. The fraction of sp³-hybridized carbons (Fsp3) is 0.562. The van der Waals surface area contributed by atoms with Crippen molar-refractivity contribution < 1.29 is 4.39 Å². The third-order valence-corrected chi connectivity index (χ3v) is 4.19. The van der Waals surface area contributed by atoms with Gasteiger partial charge in [0, 0.05) is 18.2 Å². The number of rotatable bonds is 4. The van der Waals surface area contributed by atoms with Crippen molar-refractivity contribution in [2.75, 3.05) is 0 Å². The summed E-state index contributed by atoms with van der Waals surface area (Å²) < 4.78 is 13.9. The van der Waals surface area contributed by atoms with E-state index >= 15 is 0 Å². The molecule has 1 aliphatic rings. The lowest BCUT2D eigenvalue weighted by Crippen LogP contribution is -2.38. The zero-order valence-corrected chi connectivity index (χ0v) is 11.5. The molecular formula is C16H21FN2. The molecule has 1 aromatic rings. The lowest BCUT2D eigenvalue weighted by atomic mass is 9.83. The third kappa shape index (κ3) is 3.33. The van der Waals surface area contributed by atoms with Gasteiger partial charge in [-0.05, 0) is 24.8 Å². The fourth-order valence-corrected chi connectivity index (χ4v) is 3.01. The summed E-state index contributed by atoms with van der Waals surface area (Å²) in [5.41, 5.74) is 0.731. The van der Waals surface area contributed by atoms with Gasteiger partial charge in [-0.1, -0.05) is 38.3 Å². The topological polar surface area (TPSA) is 35.8 Å². The molecule has 2 unspecified atom stereocenters. The van der Waals surface area contributed by atoms with E-state index in [4.69, 9.17) is 5.26 Å². The minimum atomic E-state index is -0.374. The number of halogens is 1. The highest BCUT2D eigenvalue weighted by Crippen LogP contribution is 2.27. The van der Waals surface area contributed by atoms with Crippen LogP contribution in [0.15, 0.2) is 18.2 Å². The van der Waals surface area contributed by atoms with Crippen LogP contribution in [0.4, 0.5) is 4.39 Å². The molecule has 0 bridgehead atoms. The van der Waals surface area contributed by atoms with Crippen molar-refractivity contribution in [2.45, 2.75) is 51.6 Å². The van der Waals surface area contributed by atoms with Crippen LogP contribution in [0.3, 0.4) is 0 Å². The molecule has 19 heavy (non-hydrogen) atoms. The highest BCUT2D eigenvalue weighted by Gasteiger charge is 2.23. The standard InChI is InChI=1S/C16H21FN2/c1-2-12-6-3-4-9-15(12)19-11-14-8-5-7-13(10-18)16(14)17/h5,7-8,12,15,19H,2-4,6,9,11H2,1H3. The highest BCUT2D eigenvalue weighted by atomic mass is 19.1. The predicted molar refractivity (Wildman–Crippen MR) is 74.0 cm³/mol. The second-order valence-corrected chi connectivity index (χ2v) is 5.33. The second kappa shape index (κ2) is 6.68. The summed E-state index contributed by atoms with van der Waals surface area (Å²) in [5.74, 6) is 0.331. The van der Waals surface area contributed by atoms with E-state index in [1.807, 2.05) is 6.07 Å². The molecule has 0 amide bonds. The second-order valence-electron chi connectivity index (χ2n) is 5.33. The zero-order chi connectivity index (χ0) is 13.7. The lowest BCUT2D eigenvalue weighted by molar-refractivity contribution is 0.253. The molecule has 0 aromatic heterocycles. The maximum atomic E-state index is 13.9. The monoisotopic (exact) mass is 260 g/mol. The van der Waals surface area contributed by atoms with Crippen molar-refractivity contribution in [3.05, 3.63) is 35.1 Å². The maximum Gasteiger partial charge on any atom is 0.145 e. The van der Waals surface area contributed by atoms with Crippen LogP contribution in [0.2, 0.25) is 0 Å². The van der Waals surface area contributed by atoms with Crippen LogP contribution in [0.1, 0.15) is 50.2 Å². The van der Waals surface area contributed by atoms with E-state index in [9.17, 15) is 4.39 Å². The number of benzene rings is 1. The van der Waals surface area contributed by atoms with Crippen LogP contribution in [0.5, 0.6) is 0 Å². The lowest BCUT2D eigenvalue weighted by Gasteiger charge is -2.31. The van der Waals surface area contributed by atoms with Crippen LogP contribution in [0, 0.1) is 23.1 Å². The summed E-state index contributed by atoms with van der Waals surface area (Å²) in [7, 11) is 0. The van der Waals surface area contributed by atoms with Gasteiger partial charge in [0.1, 0.15) is 11.9 Å². The summed E-state index contributed by atoms with van der Waals surface area (Å²) in [6.45, 7) is 2.74. The Hall–Kier alpha value is -1.40. The smallest absolute Gasteiger partial charge is 0.145 e.